The summed E-state index contributed by atoms with van der Waals surface area (Å²) < 4.78 is 18.8. The van der Waals surface area contributed by atoms with Crippen molar-refractivity contribution >= 4 is 0 Å². The molecule has 0 aliphatic carbocycles. The van der Waals surface area contributed by atoms with Gasteiger partial charge in [0.25, 0.3) is 0 Å². The lowest BCUT2D eigenvalue weighted by Crippen LogP contribution is -2.39. The van der Waals surface area contributed by atoms with Gasteiger partial charge < -0.3 is 10.1 Å². The van der Waals surface area contributed by atoms with Crippen LogP contribution < -0.4 is 10.1 Å². The lowest BCUT2D eigenvalue weighted by molar-refractivity contribution is 0.412. The number of nitrogens with one attached hydrogen (secondary N) is 1. The van der Waals surface area contributed by atoms with Crippen molar-refractivity contribution in [3.63, 3.8) is 0 Å². The summed E-state index contributed by atoms with van der Waals surface area (Å²) in [5.74, 6) is 0.657. The fourth-order valence-corrected chi connectivity index (χ4v) is 3.00. The monoisotopic (exact) mass is 285 g/mol. The molecule has 1 heterocycles. The summed E-state index contributed by atoms with van der Waals surface area (Å²) >= 11 is 0. The minimum atomic E-state index is -0.177. The molecule has 1 aliphatic rings. The summed E-state index contributed by atoms with van der Waals surface area (Å²) in [4.78, 5) is 0. The minimum absolute atomic E-state index is 0.0420. The third-order valence-electron chi connectivity index (χ3n) is 4.23. The van der Waals surface area contributed by atoms with Crippen molar-refractivity contribution in [3.05, 3.63) is 65.0 Å². The van der Waals surface area contributed by atoms with Crippen LogP contribution in [-0.2, 0) is 6.42 Å². The Kier molecular flexibility index (Phi) is 3.93. The van der Waals surface area contributed by atoms with Gasteiger partial charge in [-0.05, 0) is 53.8 Å². The quantitative estimate of drug-likeness (QED) is 0.925. The maximum absolute atomic E-state index is 13.6. The predicted octanol–water partition coefficient (Wildman–Crippen LogP) is 3.85. The molecule has 0 saturated carbocycles. The van der Waals surface area contributed by atoms with Gasteiger partial charge in [0.1, 0.15) is 11.6 Å². The summed E-state index contributed by atoms with van der Waals surface area (Å²) in [6.07, 6.45) is 2.02. The molecular weight excluding hydrogens is 265 g/mol. The minimum Gasteiger partial charge on any atom is -0.497 e. The molecule has 110 valence electrons. The van der Waals surface area contributed by atoms with Gasteiger partial charge in [-0.15, -0.1) is 0 Å². The number of ether oxygens (including phenoxy) is 1. The van der Waals surface area contributed by atoms with Crippen LogP contribution in [0.25, 0.3) is 0 Å². The molecule has 3 heteroatoms. The van der Waals surface area contributed by atoms with Gasteiger partial charge >= 0.3 is 0 Å². The van der Waals surface area contributed by atoms with E-state index in [-0.39, 0.29) is 11.9 Å². The zero-order valence-corrected chi connectivity index (χ0v) is 12.4. The van der Waals surface area contributed by atoms with E-state index in [4.69, 9.17) is 4.74 Å². The van der Waals surface area contributed by atoms with Crippen molar-refractivity contribution < 1.29 is 9.13 Å². The summed E-state index contributed by atoms with van der Waals surface area (Å²) in [5, 5.41) is 3.63. The van der Waals surface area contributed by atoms with E-state index in [0.29, 0.717) is 6.04 Å². The van der Waals surface area contributed by atoms with Crippen LogP contribution in [0.15, 0.2) is 42.5 Å². The van der Waals surface area contributed by atoms with Crippen molar-refractivity contribution in [1.82, 2.24) is 5.32 Å². The highest BCUT2D eigenvalue weighted by molar-refractivity contribution is 5.42. The molecule has 2 atom stereocenters. The summed E-state index contributed by atoms with van der Waals surface area (Å²) in [6.45, 7) is 2.18. The average molecular weight is 285 g/mol. The Morgan fingerprint density at radius 2 is 1.95 bits per heavy atom. The molecule has 2 aromatic rings. The van der Waals surface area contributed by atoms with E-state index in [2.05, 4.69) is 12.2 Å². The highest BCUT2D eigenvalue weighted by Crippen LogP contribution is 2.32. The topological polar surface area (TPSA) is 21.3 Å². The zero-order chi connectivity index (χ0) is 14.8. The molecule has 2 aromatic carbocycles. The van der Waals surface area contributed by atoms with Crippen molar-refractivity contribution in [2.24, 2.45) is 0 Å². The Bertz CT molecular complexity index is 624. The number of hydrogen-bond donors (Lipinski definition) is 1. The standard InChI is InChI=1S/C18H20FNO/c1-3-15-10-13-4-7-14(19)11-17(13)18(20-15)12-5-8-16(21-2)9-6-12/h4-9,11,15,18,20H,3,10H2,1-2H3. The highest BCUT2D eigenvalue weighted by Gasteiger charge is 2.26. The third-order valence-corrected chi connectivity index (χ3v) is 4.23. The molecule has 0 spiro atoms. The molecule has 2 unspecified atom stereocenters. The molecule has 0 amide bonds. The van der Waals surface area contributed by atoms with Crippen LogP contribution in [0.1, 0.15) is 36.1 Å². The Morgan fingerprint density at radius 3 is 2.62 bits per heavy atom. The second-order valence-electron chi connectivity index (χ2n) is 5.53. The van der Waals surface area contributed by atoms with Crippen LogP contribution in [0.2, 0.25) is 0 Å². The SMILES string of the molecule is CCC1Cc2ccc(F)cc2C(c2ccc(OC)cc2)N1. The number of rotatable bonds is 3. The maximum atomic E-state index is 13.6. The molecule has 0 fully saturated rings. The molecule has 21 heavy (non-hydrogen) atoms. The van der Waals surface area contributed by atoms with Crippen LogP contribution in [0, 0.1) is 5.82 Å². The van der Waals surface area contributed by atoms with Gasteiger partial charge in [-0.3, -0.25) is 0 Å². The highest BCUT2D eigenvalue weighted by atomic mass is 19.1. The van der Waals surface area contributed by atoms with Crippen LogP contribution in [0.3, 0.4) is 0 Å². The summed E-state index contributed by atoms with van der Waals surface area (Å²) in [7, 11) is 1.66. The van der Waals surface area contributed by atoms with Gasteiger partial charge in [0.05, 0.1) is 13.2 Å². The van der Waals surface area contributed by atoms with E-state index in [1.54, 1.807) is 19.2 Å². The molecule has 3 rings (SSSR count). The van der Waals surface area contributed by atoms with Crippen molar-refractivity contribution in [1.29, 1.82) is 0 Å². The Morgan fingerprint density at radius 1 is 1.19 bits per heavy atom. The normalized spacial score (nSPS) is 20.9. The van der Waals surface area contributed by atoms with E-state index < -0.39 is 0 Å². The van der Waals surface area contributed by atoms with Crippen LogP contribution >= 0.6 is 0 Å². The van der Waals surface area contributed by atoms with E-state index in [1.165, 1.54) is 5.56 Å². The smallest absolute Gasteiger partial charge is 0.123 e. The van der Waals surface area contributed by atoms with Crippen LogP contribution in [-0.4, -0.2) is 13.2 Å². The number of benzene rings is 2. The average Bonchev–Trinajstić information content (AvgIpc) is 2.54. The molecule has 0 aromatic heterocycles. The Labute approximate surface area is 125 Å². The van der Waals surface area contributed by atoms with Gasteiger partial charge in [-0.1, -0.05) is 25.1 Å². The molecule has 0 radical (unpaired) electrons. The second kappa shape index (κ2) is 5.86. The van der Waals surface area contributed by atoms with Gasteiger partial charge in [0.15, 0.2) is 0 Å². The van der Waals surface area contributed by atoms with Crippen LogP contribution in [0.4, 0.5) is 4.39 Å². The molecule has 0 bridgehead atoms. The Hall–Kier alpha value is -1.87. The number of hydrogen-bond acceptors (Lipinski definition) is 2. The van der Waals surface area contributed by atoms with Crippen molar-refractivity contribution in [2.45, 2.75) is 31.8 Å². The fourth-order valence-electron chi connectivity index (χ4n) is 3.00. The molecule has 2 nitrogen and oxygen atoms in total. The number of methoxy groups -OCH3 is 1. The molecule has 0 saturated heterocycles. The second-order valence-corrected chi connectivity index (χ2v) is 5.53. The first kappa shape index (κ1) is 14.1. The van der Waals surface area contributed by atoms with Gasteiger partial charge in [0.2, 0.25) is 0 Å². The van der Waals surface area contributed by atoms with Gasteiger partial charge in [0, 0.05) is 6.04 Å². The van der Waals surface area contributed by atoms with E-state index >= 15 is 0 Å². The van der Waals surface area contributed by atoms with Crippen molar-refractivity contribution in [3.8, 4) is 5.75 Å². The number of fused-ring (bicyclic) bond motifs is 1. The first-order chi connectivity index (χ1) is 10.2. The largest absolute Gasteiger partial charge is 0.497 e. The molecule has 1 aliphatic heterocycles. The zero-order valence-electron chi connectivity index (χ0n) is 12.4. The first-order valence-corrected chi connectivity index (χ1v) is 7.39. The van der Waals surface area contributed by atoms with Crippen molar-refractivity contribution in [2.75, 3.05) is 7.11 Å². The third kappa shape index (κ3) is 2.79. The fraction of sp³-hybridized carbons (Fsp3) is 0.333. The van der Waals surface area contributed by atoms with E-state index in [1.807, 2.05) is 30.3 Å². The van der Waals surface area contributed by atoms with E-state index in [0.717, 1.165) is 29.7 Å². The van der Waals surface area contributed by atoms with Gasteiger partial charge in [-0.25, -0.2) is 4.39 Å². The summed E-state index contributed by atoms with van der Waals surface area (Å²) in [5.41, 5.74) is 3.42. The maximum Gasteiger partial charge on any atom is 0.123 e. The lowest BCUT2D eigenvalue weighted by atomic mass is 9.86. The van der Waals surface area contributed by atoms with Crippen LogP contribution in [0.5, 0.6) is 5.75 Å². The first-order valence-electron chi connectivity index (χ1n) is 7.39. The predicted molar refractivity (Wildman–Crippen MR) is 82.2 cm³/mol. The summed E-state index contributed by atoms with van der Waals surface area (Å²) in [6, 6.07) is 13.6. The Balaban J connectivity index is 2.01. The lowest BCUT2D eigenvalue weighted by Gasteiger charge is -2.33. The number of halogens is 1. The van der Waals surface area contributed by atoms with E-state index in [9.17, 15) is 4.39 Å². The molecule has 1 N–H and O–H groups in total. The molecular formula is C18H20FNO. The van der Waals surface area contributed by atoms with Gasteiger partial charge in [-0.2, -0.15) is 0 Å².